The third-order valence-corrected chi connectivity index (χ3v) is 8.25. The highest BCUT2D eigenvalue weighted by molar-refractivity contribution is 9.10. The van der Waals surface area contributed by atoms with Gasteiger partial charge in [0.2, 0.25) is 0 Å². The van der Waals surface area contributed by atoms with Crippen LogP contribution in [0.5, 0.6) is 11.5 Å². The molecule has 0 aliphatic carbocycles. The van der Waals surface area contributed by atoms with Crippen LogP contribution in [0.25, 0.3) is 6.08 Å². The first kappa shape index (κ1) is 29.8. The molecule has 5 rings (SSSR count). The SMILES string of the molecule is COc1cc(/C=C2/SC(=S)N(c3cccc(C(=O)Nc4ccc(F)cc4)c3)C2=O)cc(Br)c1OCc1ccc(Cl)cc1. The predicted molar refractivity (Wildman–Crippen MR) is 173 cm³/mol. The zero-order valence-corrected chi connectivity index (χ0v) is 25.9. The molecule has 1 heterocycles. The van der Waals surface area contributed by atoms with Gasteiger partial charge in [0.1, 0.15) is 12.4 Å². The molecule has 0 aromatic heterocycles. The number of halogens is 3. The third-order valence-electron chi connectivity index (χ3n) is 6.11. The van der Waals surface area contributed by atoms with E-state index in [0.717, 1.165) is 17.3 Å². The number of rotatable bonds is 8. The summed E-state index contributed by atoms with van der Waals surface area (Å²) >= 11 is 16.2. The Morgan fingerprint density at radius 2 is 1.83 bits per heavy atom. The van der Waals surface area contributed by atoms with Crippen molar-refractivity contribution in [1.29, 1.82) is 0 Å². The molecule has 0 spiro atoms. The average Bonchev–Trinajstić information content (AvgIpc) is 3.26. The number of ether oxygens (including phenoxy) is 2. The molecule has 212 valence electrons. The van der Waals surface area contributed by atoms with E-state index in [9.17, 15) is 14.0 Å². The number of thiocarbonyl (C=S) groups is 1. The largest absolute Gasteiger partial charge is 0.493 e. The van der Waals surface area contributed by atoms with Crippen LogP contribution in [0, 0.1) is 5.82 Å². The van der Waals surface area contributed by atoms with E-state index in [0.29, 0.717) is 59.3 Å². The van der Waals surface area contributed by atoms with E-state index in [4.69, 9.17) is 33.3 Å². The van der Waals surface area contributed by atoms with Gasteiger partial charge in [-0.05, 0) is 99.9 Å². The van der Waals surface area contributed by atoms with Crippen LogP contribution in [-0.2, 0) is 11.4 Å². The van der Waals surface area contributed by atoms with Crippen molar-refractivity contribution in [1.82, 2.24) is 0 Å². The topological polar surface area (TPSA) is 67.9 Å². The van der Waals surface area contributed by atoms with Gasteiger partial charge in [0, 0.05) is 16.3 Å². The van der Waals surface area contributed by atoms with Crippen molar-refractivity contribution in [2.75, 3.05) is 17.3 Å². The van der Waals surface area contributed by atoms with E-state index in [1.54, 1.807) is 55.7 Å². The minimum absolute atomic E-state index is 0.311. The van der Waals surface area contributed by atoms with Crippen molar-refractivity contribution in [3.63, 3.8) is 0 Å². The number of benzene rings is 4. The number of anilines is 2. The molecular weight excluding hydrogens is 663 g/mol. The molecule has 0 unspecified atom stereocenters. The molecule has 1 aliphatic rings. The van der Waals surface area contributed by atoms with Crippen molar-refractivity contribution in [2.45, 2.75) is 6.61 Å². The van der Waals surface area contributed by atoms with Gasteiger partial charge < -0.3 is 14.8 Å². The number of carbonyl (C=O) groups is 2. The molecule has 1 N–H and O–H groups in total. The van der Waals surface area contributed by atoms with Crippen molar-refractivity contribution in [3.05, 3.63) is 122 Å². The molecule has 2 amide bonds. The van der Waals surface area contributed by atoms with E-state index in [1.165, 1.54) is 29.2 Å². The number of hydrogen-bond donors (Lipinski definition) is 1. The lowest BCUT2D eigenvalue weighted by Gasteiger charge is -2.16. The molecule has 0 saturated carbocycles. The number of nitrogens with zero attached hydrogens (tertiary/aromatic N) is 1. The number of hydrogen-bond acceptors (Lipinski definition) is 6. The Morgan fingerprint density at radius 1 is 1.10 bits per heavy atom. The molecule has 1 saturated heterocycles. The van der Waals surface area contributed by atoms with E-state index < -0.39 is 11.7 Å². The van der Waals surface area contributed by atoms with Crippen molar-refractivity contribution < 1.29 is 23.5 Å². The number of carbonyl (C=O) groups excluding carboxylic acids is 2. The summed E-state index contributed by atoms with van der Waals surface area (Å²) in [5, 5.41) is 3.36. The van der Waals surface area contributed by atoms with Gasteiger partial charge in [-0.1, -0.05) is 53.8 Å². The minimum Gasteiger partial charge on any atom is -0.493 e. The Labute approximate surface area is 264 Å². The molecule has 1 fully saturated rings. The molecule has 4 aromatic carbocycles. The van der Waals surface area contributed by atoms with Crippen molar-refractivity contribution >= 4 is 85.1 Å². The van der Waals surface area contributed by atoms with Gasteiger partial charge in [-0.25, -0.2) is 4.39 Å². The van der Waals surface area contributed by atoms with Crippen molar-refractivity contribution in [3.8, 4) is 11.5 Å². The monoisotopic (exact) mass is 682 g/mol. The summed E-state index contributed by atoms with van der Waals surface area (Å²) < 4.78 is 25.8. The van der Waals surface area contributed by atoms with Gasteiger partial charge >= 0.3 is 0 Å². The molecule has 11 heteroatoms. The first-order chi connectivity index (χ1) is 20.2. The number of nitrogens with one attached hydrogen (secondary N) is 1. The maximum atomic E-state index is 13.5. The highest BCUT2D eigenvalue weighted by atomic mass is 79.9. The molecule has 1 aliphatic heterocycles. The fourth-order valence-corrected chi connectivity index (χ4v) is 6.06. The molecular formula is C31H21BrClFN2O4S2. The zero-order chi connectivity index (χ0) is 29.8. The van der Waals surface area contributed by atoms with Crippen LogP contribution in [0.4, 0.5) is 15.8 Å². The summed E-state index contributed by atoms with van der Waals surface area (Å²) in [5.74, 6) is -0.117. The van der Waals surface area contributed by atoms with Gasteiger partial charge in [0.15, 0.2) is 15.8 Å². The van der Waals surface area contributed by atoms with Crippen LogP contribution in [-0.4, -0.2) is 23.2 Å². The lowest BCUT2D eigenvalue weighted by Crippen LogP contribution is -2.27. The van der Waals surface area contributed by atoms with Crippen LogP contribution in [0.3, 0.4) is 0 Å². The van der Waals surface area contributed by atoms with E-state index >= 15 is 0 Å². The smallest absolute Gasteiger partial charge is 0.270 e. The maximum Gasteiger partial charge on any atom is 0.270 e. The molecule has 0 bridgehead atoms. The normalized spacial score (nSPS) is 13.9. The third kappa shape index (κ3) is 6.84. The minimum atomic E-state index is -0.403. The van der Waals surface area contributed by atoms with E-state index in [-0.39, 0.29) is 5.91 Å². The van der Waals surface area contributed by atoms with Gasteiger partial charge in [0.05, 0.1) is 22.2 Å². The number of amides is 2. The zero-order valence-electron chi connectivity index (χ0n) is 21.9. The fraction of sp³-hybridized carbons (Fsp3) is 0.0645. The summed E-state index contributed by atoms with van der Waals surface area (Å²) in [6, 6.07) is 23.0. The van der Waals surface area contributed by atoms with Crippen LogP contribution < -0.4 is 19.7 Å². The lowest BCUT2D eigenvalue weighted by molar-refractivity contribution is -0.113. The highest BCUT2D eigenvalue weighted by Gasteiger charge is 2.33. The second-order valence-electron chi connectivity index (χ2n) is 8.98. The fourth-order valence-electron chi connectivity index (χ4n) is 4.06. The summed E-state index contributed by atoms with van der Waals surface area (Å²) in [6.45, 7) is 0.311. The van der Waals surface area contributed by atoms with Gasteiger partial charge in [-0.2, -0.15) is 0 Å². The summed E-state index contributed by atoms with van der Waals surface area (Å²) in [7, 11) is 1.54. The van der Waals surface area contributed by atoms with E-state index in [1.807, 2.05) is 18.2 Å². The standard InChI is InChI=1S/C31H21BrClFN2O4S2/c1-39-26-14-19(13-25(32)28(26)40-17-18-5-7-21(33)8-6-18)15-27-30(38)36(31(41)42-27)24-4-2-3-20(16-24)29(37)35-23-11-9-22(34)10-12-23/h2-16H,17H2,1H3,(H,35,37)/b27-15+. The Kier molecular flexibility index (Phi) is 9.27. The van der Waals surface area contributed by atoms with Crippen LogP contribution >= 0.6 is 51.5 Å². The summed E-state index contributed by atoms with van der Waals surface area (Å²) in [6.07, 6.45) is 1.72. The Morgan fingerprint density at radius 3 is 2.55 bits per heavy atom. The first-order valence-corrected chi connectivity index (χ1v) is 14.8. The maximum absolute atomic E-state index is 13.5. The Hall–Kier alpha value is -3.70. The predicted octanol–water partition coefficient (Wildman–Crippen LogP) is 8.49. The van der Waals surface area contributed by atoms with Crippen LogP contribution in [0.2, 0.25) is 5.02 Å². The van der Waals surface area contributed by atoms with Gasteiger partial charge in [-0.15, -0.1) is 0 Å². The molecule has 6 nitrogen and oxygen atoms in total. The number of methoxy groups -OCH3 is 1. The Balaban J connectivity index is 1.34. The number of thioether (sulfide) groups is 1. The molecule has 0 atom stereocenters. The quantitative estimate of drug-likeness (QED) is 0.148. The second-order valence-corrected chi connectivity index (χ2v) is 11.9. The molecule has 42 heavy (non-hydrogen) atoms. The van der Waals surface area contributed by atoms with Gasteiger partial charge in [0.25, 0.3) is 11.8 Å². The van der Waals surface area contributed by atoms with E-state index in [2.05, 4.69) is 21.2 Å². The van der Waals surface area contributed by atoms with Crippen LogP contribution in [0.15, 0.2) is 94.3 Å². The molecule has 4 aromatic rings. The summed E-state index contributed by atoms with van der Waals surface area (Å²) in [4.78, 5) is 28.0. The second kappa shape index (κ2) is 13.1. The average molecular weight is 684 g/mol. The molecule has 0 radical (unpaired) electrons. The highest BCUT2D eigenvalue weighted by Crippen LogP contribution is 2.40. The lowest BCUT2D eigenvalue weighted by atomic mass is 10.1. The van der Waals surface area contributed by atoms with Crippen LogP contribution in [0.1, 0.15) is 21.5 Å². The first-order valence-electron chi connectivity index (χ1n) is 12.4. The van der Waals surface area contributed by atoms with Gasteiger partial charge in [-0.3, -0.25) is 14.5 Å². The van der Waals surface area contributed by atoms with Crippen molar-refractivity contribution in [2.24, 2.45) is 0 Å². The Bertz CT molecular complexity index is 1720. The summed E-state index contributed by atoms with van der Waals surface area (Å²) in [5.41, 5.74) is 2.86.